The van der Waals surface area contributed by atoms with Crippen molar-refractivity contribution in [2.45, 2.75) is 58.5 Å². The Hall–Kier alpha value is -2.35. The molecule has 2 aliphatic rings. The first-order chi connectivity index (χ1) is 18.7. The number of nitrogens with zero attached hydrogens (tertiary/aromatic N) is 3. The Bertz CT molecular complexity index is 1170. The molecule has 0 spiro atoms. The summed E-state index contributed by atoms with van der Waals surface area (Å²) in [6.07, 6.45) is 2.43. The van der Waals surface area contributed by atoms with E-state index >= 15 is 4.39 Å². The number of hydrogen-bond acceptors (Lipinski definition) is 4. The molecule has 2 aromatic carbocycles. The van der Waals surface area contributed by atoms with Crippen molar-refractivity contribution in [1.29, 1.82) is 0 Å². The number of carbonyl (C=O) groups excluding carboxylic acids is 2. The first-order valence-corrected chi connectivity index (χ1v) is 14.7. The highest BCUT2D eigenvalue weighted by Crippen LogP contribution is 2.34. The zero-order valence-electron chi connectivity index (χ0n) is 23.1. The molecule has 9 heteroatoms. The van der Waals surface area contributed by atoms with Gasteiger partial charge in [-0.2, -0.15) is 0 Å². The third kappa shape index (κ3) is 7.05. The number of rotatable bonds is 10. The fraction of sp³-hybridized carbons (Fsp3) is 0.533. The summed E-state index contributed by atoms with van der Waals surface area (Å²) in [4.78, 5) is 32.1. The molecule has 2 heterocycles. The maximum absolute atomic E-state index is 15.3. The SMILES string of the molecule is CCNC(CC(C)C)c1cccc(F)c1N1CCN(C(=O)C(Cc2ccc(Cl)cc2Cl)N2CCCC2=O)CC1. The average Bonchev–Trinajstić information content (AvgIpc) is 3.33. The highest BCUT2D eigenvalue weighted by molar-refractivity contribution is 6.35. The van der Waals surface area contributed by atoms with E-state index in [1.807, 2.05) is 17.0 Å². The summed E-state index contributed by atoms with van der Waals surface area (Å²) >= 11 is 12.5. The van der Waals surface area contributed by atoms with Crippen molar-refractivity contribution in [2.24, 2.45) is 5.92 Å². The van der Waals surface area contributed by atoms with E-state index in [4.69, 9.17) is 23.2 Å². The maximum Gasteiger partial charge on any atom is 0.245 e. The van der Waals surface area contributed by atoms with Gasteiger partial charge in [-0.15, -0.1) is 0 Å². The van der Waals surface area contributed by atoms with Crippen LogP contribution in [0.3, 0.4) is 0 Å². The summed E-state index contributed by atoms with van der Waals surface area (Å²) in [5.41, 5.74) is 2.37. The summed E-state index contributed by atoms with van der Waals surface area (Å²) in [5, 5.41) is 4.54. The molecule has 2 aromatic rings. The minimum absolute atomic E-state index is 0.00677. The van der Waals surface area contributed by atoms with E-state index in [-0.39, 0.29) is 23.7 Å². The van der Waals surface area contributed by atoms with Crippen molar-refractivity contribution < 1.29 is 14.0 Å². The first-order valence-electron chi connectivity index (χ1n) is 14.0. The van der Waals surface area contributed by atoms with Crippen LogP contribution >= 0.6 is 23.2 Å². The van der Waals surface area contributed by atoms with Gasteiger partial charge in [0.15, 0.2) is 0 Å². The zero-order valence-corrected chi connectivity index (χ0v) is 24.6. The van der Waals surface area contributed by atoms with Gasteiger partial charge in [-0.3, -0.25) is 9.59 Å². The van der Waals surface area contributed by atoms with Crippen LogP contribution in [0.2, 0.25) is 10.0 Å². The lowest BCUT2D eigenvalue weighted by Gasteiger charge is -2.40. The van der Waals surface area contributed by atoms with Crippen LogP contribution < -0.4 is 10.2 Å². The second-order valence-corrected chi connectivity index (χ2v) is 11.7. The summed E-state index contributed by atoms with van der Waals surface area (Å²) < 4.78 is 15.3. The molecular formula is C30H39Cl2FN4O2. The molecule has 0 aromatic heterocycles. The van der Waals surface area contributed by atoms with Crippen molar-refractivity contribution in [1.82, 2.24) is 15.1 Å². The Balaban J connectivity index is 1.52. The van der Waals surface area contributed by atoms with Gasteiger partial charge in [0.2, 0.25) is 11.8 Å². The van der Waals surface area contributed by atoms with Gasteiger partial charge in [-0.05, 0) is 54.6 Å². The normalized spacial score (nSPS) is 17.7. The van der Waals surface area contributed by atoms with Gasteiger partial charge in [0.05, 0.1) is 5.69 Å². The van der Waals surface area contributed by atoms with E-state index in [0.29, 0.717) is 67.2 Å². The third-order valence-corrected chi connectivity index (χ3v) is 8.25. The molecule has 6 nitrogen and oxygen atoms in total. The van der Waals surface area contributed by atoms with Crippen molar-refractivity contribution in [2.75, 3.05) is 44.2 Å². The second kappa shape index (κ2) is 13.3. The van der Waals surface area contributed by atoms with E-state index in [9.17, 15) is 9.59 Å². The van der Waals surface area contributed by atoms with Gasteiger partial charge in [0, 0.05) is 61.7 Å². The quantitative estimate of drug-likeness (QED) is 0.393. The molecule has 2 fully saturated rings. The molecule has 2 aliphatic heterocycles. The molecule has 39 heavy (non-hydrogen) atoms. The molecule has 0 radical (unpaired) electrons. The smallest absolute Gasteiger partial charge is 0.245 e. The summed E-state index contributed by atoms with van der Waals surface area (Å²) in [6.45, 7) is 9.70. The molecule has 1 N–H and O–H groups in total. The molecule has 0 bridgehead atoms. The molecule has 2 unspecified atom stereocenters. The van der Waals surface area contributed by atoms with E-state index in [1.54, 1.807) is 23.1 Å². The van der Waals surface area contributed by atoms with Crippen LogP contribution in [0.25, 0.3) is 0 Å². The summed E-state index contributed by atoms with van der Waals surface area (Å²) in [7, 11) is 0. The largest absolute Gasteiger partial charge is 0.365 e. The van der Waals surface area contributed by atoms with Crippen LogP contribution in [0.15, 0.2) is 36.4 Å². The number of nitrogens with one attached hydrogen (secondary N) is 1. The number of carbonyl (C=O) groups is 2. The minimum atomic E-state index is -0.626. The fourth-order valence-electron chi connectivity index (χ4n) is 5.77. The first kappa shape index (κ1) is 29.6. The highest BCUT2D eigenvalue weighted by atomic mass is 35.5. The van der Waals surface area contributed by atoms with Gasteiger partial charge in [0.25, 0.3) is 0 Å². The Morgan fingerprint density at radius 3 is 2.44 bits per heavy atom. The molecule has 212 valence electrons. The summed E-state index contributed by atoms with van der Waals surface area (Å²) in [6, 6.07) is 9.96. The number of hydrogen-bond donors (Lipinski definition) is 1. The van der Waals surface area contributed by atoms with E-state index in [0.717, 1.165) is 30.5 Å². The van der Waals surface area contributed by atoms with Gasteiger partial charge in [0.1, 0.15) is 11.9 Å². The average molecular weight is 578 g/mol. The van der Waals surface area contributed by atoms with Crippen LogP contribution in [0.4, 0.5) is 10.1 Å². The maximum atomic E-state index is 15.3. The van der Waals surface area contributed by atoms with Crippen LogP contribution in [-0.2, 0) is 16.0 Å². The van der Waals surface area contributed by atoms with Crippen molar-refractivity contribution >= 4 is 40.7 Å². The number of amides is 2. The number of piperazine rings is 1. The molecule has 0 aliphatic carbocycles. The van der Waals surface area contributed by atoms with Gasteiger partial charge < -0.3 is 20.0 Å². The topological polar surface area (TPSA) is 55.9 Å². The molecule has 2 amide bonds. The second-order valence-electron chi connectivity index (χ2n) is 10.9. The molecule has 2 saturated heterocycles. The Morgan fingerprint density at radius 2 is 1.82 bits per heavy atom. The van der Waals surface area contributed by atoms with Crippen LogP contribution in [0.1, 0.15) is 57.2 Å². The van der Waals surface area contributed by atoms with Crippen molar-refractivity contribution in [3.8, 4) is 0 Å². The Kier molecular flexibility index (Phi) is 10.1. The van der Waals surface area contributed by atoms with E-state index in [2.05, 4.69) is 31.0 Å². The van der Waals surface area contributed by atoms with Crippen LogP contribution in [-0.4, -0.2) is 66.9 Å². The van der Waals surface area contributed by atoms with E-state index in [1.165, 1.54) is 6.07 Å². The lowest BCUT2D eigenvalue weighted by Crippen LogP contribution is -2.56. The number of halogens is 3. The standard InChI is InChI=1S/C30H39Cl2FN4O2/c1-4-34-26(17-20(2)3)23-7-5-8-25(33)29(23)35-13-15-36(16-14-35)30(39)27(37-12-6-9-28(37)38)18-21-10-11-22(31)19-24(21)32/h5,7-8,10-11,19-20,26-27,34H,4,6,9,12-18H2,1-3H3. The molecule has 0 saturated carbocycles. The number of benzene rings is 2. The Labute approximate surface area is 241 Å². The summed E-state index contributed by atoms with van der Waals surface area (Å²) in [5.74, 6) is 0.124. The monoisotopic (exact) mass is 576 g/mol. The number of para-hydroxylation sites is 1. The number of anilines is 1. The fourth-order valence-corrected chi connectivity index (χ4v) is 6.26. The third-order valence-electron chi connectivity index (χ3n) is 7.66. The molecule has 4 rings (SSSR count). The molecular weight excluding hydrogens is 538 g/mol. The van der Waals surface area contributed by atoms with Gasteiger partial charge in [-0.1, -0.05) is 62.2 Å². The lowest BCUT2D eigenvalue weighted by molar-refractivity contribution is -0.143. The van der Waals surface area contributed by atoms with Crippen molar-refractivity contribution in [3.63, 3.8) is 0 Å². The van der Waals surface area contributed by atoms with E-state index < -0.39 is 6.04 Å². The van der Waals surface area contributed by atoms with Crippen LogP contribution in [0.5, 0.6) is 0 Å². The lowest BCUT2D eigenvalue weighted by atomic mass is 9.94. The minimum Gasteiger partial charge on any atom is -0.365 e. The van der Waals surface area contributed by atoms with Gasteiger partial charge in [-0.25, -0.2) is 4.39 Å². The van der Waals surface area contributed by atoms with Crippen LogP contribution in [0, 0.1) is 11.7 Å². The predicted octanol–water partition coefficient (Wildman–Crippen LogP) is 5.71. The zero-order chi connectivity index (χ0) is 28.1. The van der Waals surface area contributed by atoms with Crippen molar-refractivity contribution in [3.05, 3.63) is 63.4 Å². The van der Waals surface area contributed by atoms with Gasteiger partial charge >= 0.3 is 0 Å². The highest BCUT2D eigenvalue weighted by Gasteiger charge is 2.37. The Morgan fingerprint density at radius 1 is 1.08 bits per heavy atom. The predicted molar refractivity (Wildman–Crippen MR) is 156 cm³/mol. The number of likely N-dealkylation sites (tertiary alicyclic amines) is 1. The molecule has 2 atom stereocenters.